The standard InChI is InChI=1S/C25H23NO3S/c27-24(26-20-16-17-20)22(18-10-4-1-5-11-18)29-25(28)23(19-12-6-2-7-13-19)30-21-14-8-3-9-15-21/h1-15,20,22-23H,16-17H2,(H,26,27)/t22-,23+/m1/s1. The Labute approximate surface area is 180 Å². The average Bonchev–Trinajstić information content (AvgIpc) is 3.61. The van der Waals surface area contributed by atoms with Crippen molar-refractivity contribution in [1.29, 1.82) is 0 Å². The number of hydrogen-bond acceptors (Lipinski definition) is 4. The molecule has 30 heavy (non-hydrogen) atoms. The molecule has 1 N–H and O–H groups in total. The van der Waals surface area contributed by atoms with Crippen molar-refractivity contribution in [3.63, 3.8) is 0 Å². The van der Waals surface area contributed by atoms with Gasteiger partial charge in [-0.25, -0.2) is 0 Å². The predicted octanol–water partition coefficient (Wildman–Crippen LogP) is 5.08. The van der Waals surface area contributed by atoms with Crippen molar-refractivity contribution in [3.8, 4) is 0 Å². The fourth-order valence-electron chi connectivity index (χ4n) is 3.10. The third-order valence-electron chi connectivity index (χ3n) is 4.81. The SMILES string of the molecule is O=C(O[C@@H](C(=O)NC1CC1)c1ccccc1)[C@@H](Sc1ccccc1)c1ccccc1. The van der Waals surface area contributed by atoms with Crippen molar-refractivity contribution in [1.82, 2.24) is 5.32 Å². The lowest BCUT2D eigenvalue weighted by Crippen LogP contribution is -2.34. The zero-order valence-corrected chi connectivity index (χ0v) is 17.3. The molecule has 3 aromatic rings. The lowest BCUT2D eigenvalue weighted by Gasteiger charge is -2.22. The number of thioether (sulfide) groups is 1. The van der Waals surface area contributed by atoms with Gasteiger partial charge in [-0.3, -0.25) is 9.59 Å². The largest absolute Gasteiger partial charge is 0.446 e. The quantitative estimate of drug-likeness (QED) is 0.410. The van der Waals surface area contributed by atoms with Crippen LogP contribution in [0.3, 0.4) is 0 Å². The number of esters is 1. The van der Waals surface area contributed by atoms with Crippen LogP contribution in [0.15, 0.2) is 95.9 Å². The highest BCUT2D eigenvalue weighted by atomic mass is 32.2. The molecule has 1 aliphatic carbocycles. The maximum absolute atomic E-state index is 13.3. The highest BCUT2D eigenvalue weighted by molar-refractivity contribution is 8.00. The van der Waals surface area contributed by atoms with Gasteiger partial charge in [0.1, 0.15) is 5.25 Å². The zero-order valence-electron chi connectivity index (χ0n) is 16.4. The van der Waals surface area contributed by atoms with Crippen molar-refractivity contribution in [3.05, 3.63) is 102 Å². The van der Waals surface area contributed by atoms with Gasteiger partial charge in [0, 0.05) is 16.5 Å². The molecule has 152 valence electrons. The molecule has 3 aromatic carbocycles. The third-order valence-corrected chi connectivity index (χ3v) is 6.06. The van der Waals surface area contributed by atoms with E-state index in [1.54, 1.807) is 0 Å². The van der Waals surface area contributed by atoms with E-state index in [0.29, 0.717) is 5.56 Å². The summed E-state index contributed by atoms with van der Waals surface area (Å²) < 4.78 is 5.84. The molecule has 0 aliphatic heterocycles. The van der Waals surface area contributed by atoms with Crippen LogP contribution in [0.5, 0.6) is 0 Å². The van der Waals surface area contributed by atoms with Crippen LogP contribution >= 0.6 is 11.8 Å². The van der Waals surface area contributed by atoms with Gasteiger partial charge in [0.25, 0.3) is 5.91 Å². The first-order chi connectivity index (χ1) is 14.7. The molecule has 1 fully saturated rings. The van der Waals surface area contributed by atoms with E-state index < -0.39 is 17.3 Å². The number of rotatable bonds is 8. The summed E-state index contributed by atoms with van der Waals surface area (Å²) in [6, 6.07) is 28.6. The molecular formula is C25H23NO3S. The Balaban J connectivity index is 1.59. The maximum Gasteiger partial charge on any atom is 0.325 e. The zero-order chi connectivity index (χ0) is 20.8. The van der Waals surface area contributed by atoms with Crippen LogP contribution in [0, 0.1) is 0 Å². The second-order valence-corrected chi connectivity index (χ2v) is 8.41. The molecule has 4 nitrogen and oxygen atoms in total. The normalized spacial score (nSPS) is 15.1. The maximum atomic E-state index is 13.3. The second-order valence-electron chi connectivity index (χ2n) is 7.23. The predicted molar refractivity (Wildman–Crippen MR) is 118 cm³/mol. The molecule has 1 aliphatic rings. The van der Waals surface area contributed by atoms with Crippen LogP contribution in [0.4, 0.5) is 0 Å². The summed E-state index contributed by atoms with van der Waals surface area (Å²) in [6.45, 7) is 0. The summed E-state index contributed by atoms with van der Waals surface area (Å²) in [6.07, 6.45) is 0.969. The molecular weight excluding hydrogens is 394 g/mol. The Kier molecular flexibility index (Phi) is 6.50. The van der Waals surface area contributed by atoms with E-state index in [-0.39, 0.29) is 11.9 Å². The number of carbonyl (C=O) groups is 2. The minimum atomic E-state index is -0.970. The molecule has 0 heterocycles. The number of benzene rings is 3. The van der Waals surface area contributed by atoms with E-state index in [1.165, 1.54) is 11.8 Å². The lowest BCUT2D eigenvalue weighted by molar-refractivity contribution is -0.156. The van der Waals surface area contributed by atoms with Crippen molar-refractivity contribution >= 4 is 23.6 Å². The molecule has 0 unspecified atom stereocenters. The molecule has 0 bridgehead atoms. The highest BCUT2D eigenvalue weighted by Crippen LogP contribution is 2.37. The van der Waals surface area contributed by atoms with E-state index in [2.05, 4.69) is 5.32 Å². The summed E-state index contributed by atoms with van der Waals surface area (Å²) in [7, 11) is 0. The Bertz CT molecular complexity index is 975. The van der Waals surface area contributed by atoms with Gasteiger partial charge in [0.15, 0.2) is 0 Å². The van der Waals surface area contributed by atoms with Crippen LogP contribution in [0.25, 0.3) is 0 Å². The lowest BCUT2D eigenvalue weighted by atomic mass is 10.1. The summed E-state index contributed by atoms with van der Waals surface area (Å²) in [5, 5.41) is 2.39. The Morgan fingerprint density at radius 3 is 1.90 bits per heavy atom. The molecule has 5 heteroatoms. The smallest absolute Gasteiger partial charge is 0.325 e. The minimum Gasteiger partial charge on any atom is -0.446 e. The van der Waals surface area contributed by atoms with Gasteiger partial charge in [-0.2, -0.15) is 0 Å². The van der Waals surface area contributed by atoms with Gasteiger partial charge in [-0.1, -0.05) is 78.9 Å². The molecule has 0 aromatic heterocycles. The van der Waals surface area contributed by atoms with Crippen molar-refractivity contribution < 1.29 is 14.3 Å². The van der Waals surface area contributed by atoms with E-state index >= 15 is 0 Å². The molecule has 2 atom stereocenters. The molecule has 1 amide bonds. The number of hydrogen-bond donors (Lipinski definition) is 1. The van der Waals surface area contributed by atoms with Crippen LogP contribution in [-0.2, 0) is 14.3 Å². The fraction of sp³-hybridized carbons (Fsp3) is 0.200. The van der Waals surface area contributed by atoms with Crippen LogP contribution in [0.2, 0.25) is 0 Å². The van der Waals surface area contributed by atoms with Gasteiger partial charge in [0.2, 0.25) is 6.10 Å². The number of amides is 1. The highest BCUT2D eigenvalue weighted by Gasteiger charge is 2.33. The van der Waals surface area contributed by atoms with Crippen LogP contribution in [-0.4, -0.2) is 17.9 Å². The van der Waals surface area contributed by atoms with Gasteiger partial charge in [-0.15, -0.1) is 11.8 Å². The van der Waals surface area contributed by atoms with Crippen LogP contribution in [0.1, 0.15) is 35.3 Å². The number of nitrogens with one attached hydrogen (secondary N) is 1. The first-order valence-electron chi connectivity index (χ1n) is 10.0. The van der Waals surface area contributed by atoms with E-state index in [1.807, 2.05) is 91.0 Å². The summed E-state index contributed by atoms with van der Waals surface area (Å²) >= 11 is 1.42. The average molecular weight is 418 g/mol. The van der Waals surface area contributed by atoms with E-state index in [4.69, 9.17) is 4.74 Å². The van der Waals surface area contributed by atoms with Gasteiger partial charge in [0.05, 0.1) is 0 Å². The Morgan fingerprint density at radius 1 is 0.800 bits per heavy atom. The summed E-state index contributed by atoms with van der Waals surface area (Å²) in [5.41, 5.74) is 1.51. The van der Waals surface area contributed by atoms with Crippen molar-refractivity contribution in [2.45, 2.75) is 35.1 Å². The van der Waals surface area contributed by atoms with Gasteiger partial charge in [-0.05, 0) is 30.5 Å². The van der Waals surface area contributed by atoms with Crippen molar-refractivity contribution in [2.75, 3.05) is 0 Å². The van der Waals surface area contributed by atoms with Gasteiger partial charge >= 0.3 is 5.97 Å². The third kappa shape index (κ3) is 5.30. The van der Waals surface area contributed by atoms with E-state index in [0.717, 1.165) is 23.3 Å². The van der Waals surface area contributed by atoms with Crippen molar-refractivity contribution in [2.24, 2.45) is 0 Å². The van der Waals surface area contributed by atoms with Crippen LogP contribution < -0.4 is 5.32 Å². The Morgan fingerprint density at radius 2 is 1.33 bits per heavy atom. The van der Waals surface area contributed by atoms with Gasteiger partial charge < -0.3 is 10.1 Å². The molecule has 0 saturated heterocycles. The molecule has 1 saturated carbocycles. The first kappa shape index (κ1) is 20.2. The molecule has 0 spiro atoms. The minimum absolute atomic E-state index is 0.186. The second kappa shape index (κ2) is 9.63. The number of carbonyl (C=O) groups excluding carboxylic acids is 2. The topological polar surface area (TPSA) is 55.4 Å². The fourth-order valence-corrected chi connectivity index (χ4v) is 4.13. The number of ether oxygens (including phenoxy) is 1. The summed E-state index contributed by atoms with van der Waals surface area (Å²) in [4.78, 5) is 27.1. The summed E-state index contributed by atoms with van der Waals surface area (Å²) in [5.74, 6) is -0.705. The van der Waals surface area contributed by atoms with E-state index in [9.17, 15) is 9.59 Å². The Hall–Kier alpha value is -3.05. The monoisotopic (exact) mass is 417 g/mol. The molecule has 4 rings (SSSR count). The first-order valence-corrected chi connectivity index (χ1v) is 10.9. The molecule has 0 radical (unpaired) electrons.